The zero-order chi connectivity index (χ0) is 20.3. The maximum atomic E-state index is 15.3. The molecule has 3 N–H and O–H groups in total. The number of methoxy groups -OCH3 is 2. The Morgan fingerprint density at radius 1 is 1.25 bits per heavy atom. The average molecular weight is 388 g/mol. The van der Waals surface area contributed by atoms with E-state index in [9.17, 15) is 9.18 Å². The molecule has 1 unspecified atom stereocenters. The number of carbonyl (C=O) groups excluding carboxylic acids is 1. The minimum Gasteiger partial charge on any atom is -0.496 e. The smallest absolute Gasteiger partial charge is 0.252 e. The topological polar surface area (TPSA) is 99.4 Å². The first-order valence-corrected chi connectivity index (χ1v) is 8.25. The number of halogens is 2. The minimum atomic E-state index is -2.11. The summed E-state index contributed by atoms with van der Waals surface area (Å²) in [5.74, 6) is -2.72. The predicted octanol–water partition coefficient (Wildman–Crippen LogP) is 2.71. The fraction of sp³-hybridized carbons (Fsp3) is 0.211. The van der Waals surface area contributed by atoms with Crippen LogP contribution in [0.25, 0.3) is 11.3 Å². The molecule has 7 nitrogen and oxygen atoms in total. The lowest BCUT2D eigenvalue weighted by atomic mass is 9.98. The number of nitrogens with one attached hydrogen (secondary N) is 1. The van der Waals surface area contributed by atoms with Gasteiger partial charge in [0, 0.05) is 24.1 Å². The third-order valence-electron chi connectivity index (χ3n) is 4.15. The van der Waals surface area contributed by atoms with Crippen molar-refractivity contribution in [2.45, 2.75) is 12.2 Å². The molecule has 1 aliphatic rings. The van der Waals surface area contributed by atoms with Crippen molar-refractivity contribution < 1.29 is 23.0 Å². The van der Waals surface area contributed by atoms with Crippen molar-refractivity contribution in [2.75, 3.05) is 19.5 Å². The van der Waals surface area contributed by atoms with E-state index in [-0.39, 0.29) is 29.3 Å². The number of ether oxygens (including phenoxy) is 2. The van der Waals surface area contributed by atoms with Crippen LogP contribution in [-0.4, -0.2) is 35.9 Å². The second kappa shape index (κ2) is 7.63. The molecule has 0 saturated heterocycles. The summed E-state index contributed by atoms with van der Waals surface area (Å²) in [5, 5.41) is 2.63. The highest BCUT2D eigenvalue weighted by Crippen LogP contribution is 2.33. The van der Waals surface area contributed by atoms with Gasteiger partial charge in [0.2, 0.25) is 5.79 Å². The third kappa shape index (κ3) is 3.93. The van der Waals surface area contributed by atoms with E-state index in [1.807, 2.05) is 0 Å². The van der Waals surface area contributed by atoms with Crippen LogP contribution in [0.2, 0.25) is 0 Å². The summed E-state index contributed by atoms with van der Waals surface area (Å²) >= 11 is 0. The van der Waals surface area contributed by atoms with Crippen molar-refractivity contribution in [3.05, 3.63) is 59.9 Å². The molecule has 1 aliphatic carbocycles. The van der Waals surface area contributed by atoms with E-state index in [0.717, 1.165) is 6.08 Å². The van der Waals surface area contributed by atoms with E-state index in [1.54, 1.807) is 0 Å². The highest BCUT2D eigenvalue weighted by molar-refractivity contribution is 5.96. The first-order chi connectivity index (χ1) is 13.3. The van der Waals surface area contributed by atoms with E-state index >= 15 is 4.39 Å². The lowest BCUT2D eigenvalue weighted by Crippen LogP contribution is -2.35. The molecular weight excluding hydrogens is 370 g/mol. The van der Waals surface area contributed by atoms with Gasteiger partial charge in [0.15, 0.2) is 0 Å². The van der Waals surface area contributed by atoms with Crippen molar-refractivity contribution in [1.29, 1.82) is 0 Å². The predicted molar refractivity (Wildman–Crippen MR) is 98.4 cm³/mol. The summed E-state index contributed by atoms with van der Waals surface area (Å²) in [6, 6.07) is 5.49. The van der Waals surface area contributed by atoms with Crippen molar-refractivity contribution in [3.63, 3.8) is 0 Å². The van der Waals surface area contributed by atoms with Gasteiger partial charge in [-0.1, -0.05) is 0 Å². The van der Waals surface area contributed by atoms with Crippen molar-refractivity contribution >= 4 is 11.7 Å². The van der Waals surface area contributed by atoms with Gasteiger partial charge in [-0.05, 0) is 24.3 Å². The van der Waals surface area contributed by atoms with Crippen LogP contribution >= 0.6 is 0 Å². The zero-order valence-electron chi connectivity index (χ0n) is 15.2. The van der Waals surface area contributed by atoms with E-state index in [0.29, 0.717) is 11.3 Å². The number of benzene rings is 1. The summed E-state index contributed by atoms with van der Waals surface area (Å²) < 4.78 is 38.9. The highest BCUT2D eigenvalue weighted by atomic mass is 19.1. The van der Waals surface area contributed by atoms with E-state index in [4.69, 9.17) is 15.2 Å². The maximum absolute atomic E-state index is 15.3. The number of nitrogens with two attached hydrogens (primary N) is 1. The standard InChI is InChI=1S/C19H18F2N4O3/c1-27-15-5-6-19(21,9-13(15)18(22)26)25-17-8-14(23-10-24-17)12-4-3-11(20)7-16(12)28-2/h3-5,7-10H,6H2,1-2H3,(H2,22,26)(H,23,24,25). The van der Waals surface area contributed by atoms with Gasteiger partial charge in [-0.25, -0.2) is 18.7 Å². The number of carbonyl (C=O) groups is 1. The molecule has 0 aliphatic heterocycles. The summed E-state index contributed by atoms with van der Waals surface area (Å²) in [5.41, 5.74) is 6.15. The Labute approximate surface area is 159 Å². The number of hydrogen-bond acceptors (Lipinski definition) is 6. The summed E-state index contributed by atoms with van der Waals surface area (Å²) in [6.07, 6.45) is 3.63. The van der Waals surface area contributed by atoms with Crippen molar-refractivity contribution in [1.82, 2.24) is 9.97 Å². The van der Waals surface area contributed by atoms with Gasteiger partial charge in [0.1, 0.15) is 29.5 Å². The Kier molecular flexibility index (Phi) is 5.25. The molecule has 9 heteroatoms. The van der Waals surface area contributed by atoms with Crippen LogP contribution in [0.4, 0.5) is 14.6 Å². The number of nitrogens with zero attached hydrogens (tertiary/aromatic N) is 2. The maximum Gasteiger partial charge on any atom is 0.252 e. The molecule has 146 valence electrons. The molecular formula is C19H18F2N4O3. The molecule has 0 spiro atoms. The molecule has 1 heterocycles. The van der Waals surface area contributed by atoms with E-state index < -0.39 is 17.5 Å². The van der Waals surface area contributed by atoms with Crippen LogP contribution in [0.5, 0.6) is 5.75 Å². The molecule has 1 aromatic heterocycles. The third-order valence-corrected chi connectivity index (χ3v) is 4.15. The lowest BCUT2D eigenvalue weighted by Gasteiger charge is -2.27. The molecule has 3 rings (SSSR count). The first-order valence-electron chi connectivity index (χ1n) is 8.25. The summed E-state index contributed by atoms with van der Waals surface area (Å²) in [4.78, 5) is 19.7. The van der Waals surface area contributed by atoms with Crippen LogP contribution in [0.1, 0.15) is 6.42 Å². The Morgan fingerprint density at radius 2 is 2.04 bits per heavy atom. The average Bonchev–Trinajstić information content (AvgIpc) is 2.67. The molecule has 1 amide bonds. The Balaban J connectivity index is 1.92. The van der Waals surface area contributed by atoms with Crippen LogP contribution in [-0.2, 0) is 9.53 Å². The fourth-order valence-corrected chi connectivity index (χ4v) is 2.85. The van der Waals surface area contributed by atoms with Crippen LogP contribution in [0, 0.1) is 5.82 Å². The largest absolute Gasteiger partial charge is 0.496 e. The van der Waals surface area contributed by atoms with Gasteiger partial charge in [-0.2, -0.15) is 0 Å². The Hall–Kier alpha value is -3.49. The quantitative estimate of drug-likeness (QED) is 0.739. The normalized spacial score (nSPS) is 18.7. The molecule has 2 aromatic rings. The Bertz CT molecular complexity index is 977. The summed E-state index contributed by atoms with van der Waals surface area (Å²) in [7, 11) is 2.78. The fourth-order valence-electron chi connectivity index (χ4n) is 2.85. The number of amides is 1. The van der Waals surface area contributed by atoms with Gasteiger partial charge >= 0.3 is 0 Å². The van der Waals surface area contributed by atoms with Gasteiger partial charge in [-0.15, -0.1) is 0 Å². The second-order valence-corrected chi connectivity index (χ2v) is 6.02. The second-order valence-electron chi connectivity index (χ2n) is 6.02. The van der Waals surface area contributed by atoms with Crippen LogP contribution < -0.4 is 15.8 Å². The molecule has 28 heavy (non-hydrogen) atoms. The highest BCUT2D eigenvalue weighted by Gasteiger charge is 2.33. The van der Waals surface area contributed by atoms with Crippen molar-refractivity contribution in [2.24, 2.45) is 5.73 Å². The zero-order valence-corrected chi connectivity index (χ0v) is 15.2. The molecule has 1 atom stereocenters. The SMILES string of the molecule is COC1=CCC(F)(Nc2cc(-c3ccc(F)cc3OC)ncn2)C=C1C(N)=O. The van der Waals surface area contributed by atoms with Gasteiger partial charge in [-0.3, -0.25) is 4.79 Å². The Morgan fingerprint density at radius 3 is 2.71 bits per heavy atom. The molecule has 0 bridgehead atoms. The molecule has 1 aromatic carbocycles. The van der Waals surface area contributed by atoms with Crippen molar-refractivity contribution in [3.8, 4) is 17.0 Å². The number of rotatable bonds is 6. The van der Waals surface area contributed by atoms with E-state index in [2.05, 4.69) is 15.3 Å². The lowest BCUT2D eigenvalue weighted by molar-refractivity contribution is -0.114. The van der Waals surface area contributed by atoms with Gasteiger partial charge < -0.3 is 20.5 Å². The molecule has 0 fully saturated rings. The minimum absolute atomic E-state index is 0.0711. The first kappa shape index (κ1) is 19.3. The van der Waals surface area contributed by atoms with Gasteiger partial charge in [0.05, 0.1) is 25.5 Å². The number of alkyl halides is 1. The number of primary amides is 1. The number of hydrogen-bond donors (Lipinski definition) is 2. The number of aromatic nitrogens is 2. The van der Waals surface area contributed by atoms with E-state index in [1.165, 1.54) is 50.9 Å². The monoisotopic (exact) mass is 388 g/mol. The molecule has 0 radical (unpaired) electrons. The number of anilines is 1. The van der Waals surface area contributed by atoms with Crippen LogP contribution in [0.15, 0.2) is 54.1 Å². The van der Waals surface area contributed by atoms with Gasteiger partial charge in [0.25, 0.3) is 5.91 Å². The summed E-state index contributed by atoms with van der Waals surface area (Å²) in [6.45, 7) is 0. The molecule has 0 saturated carbocycles. The van der Waals surface area contributed by atoms with Crippen LogP contribution in [0.3, 0.4) is 0 Å².